The zero-order valence-corrected chi connectivity index (χ0v) is 11.9. The van der Waals surface area contributed by atoms with Crippen molar-refractivity contribution in [1.29, 1.82) is 0 Å². The Hall–Kier alpha value is -2.47. The molecule has 0 aliphatic rings. The number of rotatable bonds is 6. The molecule has 0 amide bonds. The van der Waals surface area contributed by atoms with Gasteiger partial charge >= 0.3 is 0 Å². The molecule has 0 spiro atoms. The minimum absolute atomic E-state index is 0.384. The molecule has 0 aliphatic carbocycles. The van der Waals surface area contributed by atoms with Crippen LogP contribution in [-0.4, -0.2) is 30.4 Å². The van der Waals surface area contributed by atoms with Crippen molar-refractivity contribution in [2.24, 2.45) is 0 Å². The average Bonchev–Trinajstić information content (AvgIpc) is 3.19. The first-order valence-corrected chi connectivity index (χ1v) is 6.94. The second-order valence-electron chi connectivity index (χ2n) is 5.05. The average molecular weight is 282 g/mol. The molecule has 3 aromatic rings. The fourth-order valence-electron chi connectivity index (χ4n) is 2.18. The molecule has 0 saturated heterocycles. The predicted octanol–water partition coefficient (Wildman–Crippen LogP) is 1.64. The first-order valence-electron chi connectivity index (χ1n) is 6.94. The summed E-state index contributed by atoms with van der Waals surface area (Å²) < 4.78 is 3.82. The van der Waals surface area contributed by atoms with Crippen LogP contribution in [0.2, 0.25) is 0 Å². The summed E-state index contributed by atoms with van der Waals surface area (Å²) in [6.07, 6.45) is 8.85. The van der Waals surface area contributed by atoms with E-state index in [9.17, 15) is 0 Å². The van der Waals surface area contributed by atoms with Crippen LogP contribution in [0.5, 0.6) is 0 Å². The SMILES string of the molecule is CC(Cn1ccnc1)NCc1ccc(-n2cncn2)cc1. The van der Waals surface area contributed by atoms with Gasteiger partial charge < -0.3 is 9.88 Å². The molecule has 6 heteroatoms. The van der Waals surface area contributed by atoms with Gasteiger partial charge in [-0.2, -0.15) is 5.10 Å². The van der Waals surface area contributed by atoms with Crippen LogP contribution in [0.1, 0.15) is 12.5 Å². The monoisotopic (exact) mass is 282 g/mol. The quantitative estimate of drug-likeness (QED) is 0.746. The van der Waals surface area contributed by atoms with E-state index in [0.29, 0.717) is 6.04 Å². The summed E-state index contributed by atoms with van der Waals surface area (Å²) >= 11 is 0. The highest BCUT2D eigenvalue weighted by Crippen LogP contribution is 2.08. The molecule has 3 rings (SSSR count). The number of aromatic nitrogens is 5. The van der Waals surface area contributed by atoms with Crippen molar-refractivity contribution in [2.45, 2.75) is 26.1 Å². The molecule has 0 saturated carbocycles. The normalized spacial score (nSPS) is 12.4. The minimum atomic E-state index is 0.384. The number of hydrogen-bond acceptors (Lipinski definition) is 4. The zero-order chi connectivity index (χ0) is 14.5. The van der Waals surface area contributed by atoms with E-state index in [4.69, 9.17) is 0 Å². The van der Waals surface area contributed by atoms with E-state index in [1.807, 2.05) is 24.7 Å². The number of nitrogens with one attached hydrogen (secondary N) is 1. The summed E-state index contributed by atoms with van der Waals surface area (Å²) in [5, 5.41) is 7.62. The van der Waals surface area contributed by atoms with Gasteiger partial charge in [0.15, 0.2) is 0 Å². The standard InChI is InChI=1S/C15H18N6/c1-13(9-20-7-6-16-11-20)18-8-14-2-4-15(5-3-14)21-12-17-10-19-21/h2-7,10-13,18H,8-9H2,1H3. The maximum atomic E-state index is 4.11. The molecule has 1 atom stereocenters. The van der Waals surface area contributed by atoms with Crippen LogP contribution in [0, 0.1) is 0 Å². The van der Waals surface area contributed by atoms with Crippen LogP contribution < -0.4 is 5.32 Å². The Balaban J connectivity index is 1.53. The van der Waals surface area contributed by atoms with Crippen LogP contribution in [0.3, 0.4) is 0 Å². The van der Waals surface area contributed by atoms with Crippen molar-refractivity contribution in [1.82, 2.24) is 29.6 Å². The minimum Gasteiger partial charge on any atom is -0.336 e. The van der Waals surface area contributed by atoms with Crippen LogP contribution in [-0.2, 0) is 13.1 Å². The van der Waals surface area contributed by atoms with Gasteiger partial charge in [-0.1, -0.05) is 12.1 Å². The zero-order valence-electron chi connectivity index (χ0n) is 11.9. The topological polar surface area (TPSA) is 60.6 Å². The second-order valence-corrected chi connectivity index (χ2v) is 5.05. The van der Waals surface area contributed by atoms with Crippen molar-refractivity contribution in [3.63, 3.8) is 0 Å². The summed E-state index contributed by atoms with van der Waals surface area (Å²) in [6, 6.07) is 8.69. The molecule has 0 radical (unpaired) electrons. The van der Waals surface area contributed by atoms with Gasteiger partial charge in [0.2, 0.25) is 0 Å². The van der Waals surface area contributed by atoms with E-state index >= 15 is 0 Å². The smallest absolute Gasteiger partial charge is 0.138 e. The number of nitrogens with zero attached hydrogens (tertiary/aromatic N) is 5. The largest absolute Gasteiger partial charge is 0.336 e. The molecule has 2 heterocycles. The van der Waals surface area contributed by atoms with E-state index in [0.717, 1.165) is 18.8 Å². The summed E-state index contributed by atoms with van der Waals surface area (Å²) in [7, 11) is 0. The lowest BCUT2D eigenvalue weighted by Gasteiger charge is -2.14. The van der Waals surface area contributed by atoms with Gasteiger partial charge in [0.05, 0.1) is 12.0 Å². The van der Waals surface area contributed by atoms with Crippen molar-refractivity contribution in [3.05, 3.63) is 61.2 Å². The first kappa shape index (κ1) is 13.5. The predicted molar refractivity (Wildman–Crippen MR) is 79.9 cm³/mol. The molecule has 21 heavy (non-hydrogen) atoms. The fraction of sp³-hybridized carbons (Fsp3) is 0.267. The van der Waals surface area contributed by atoms with Gasteiger partial charge in [-0.05, 0) is 24.6 Å². The van der Waals surface area contributed by atoms with Gasteiger partial charge in [-0.25, -0.2) is 14.6 Å². The van der Waals surface area contributed by atoms with E-state index in [2.05, 4.69) is 44.0 Å². The van der Waals surface area contributed by atoms with E-state index in [-0.39, 0.29) is 0 Å². The van der Waals surface area contributed by atoms with Crippen molar-refractivity contribution < 1.29 is 0 Å². The van der Waals surface area contributed by atoms with Crippen LogP contribution in [0.15, 0.2) is 55.6 Å². The van der Waals surface area contributed by atoms with E-state index in [1.54, 1.807) is 17.2 Å². The number of imidazole rings is 1. The molecule has 0 bridgehead atoms. The Morgan fingerprint density at radius 3 is 2.67 bits per heavy atom. The third-order valence-corrected chi connectivity index (χ3v) is 3.32. The fourth-order valence-corrected chi connectivity index (χ4v) is 2.18. The summed E-state index contributed by atoms with van der Waals surface area (Å²) in [5.41, 5.74) is 2.26. The Bertz CT molecular complexity index is 642. The lowest BCUT2D eigenvalue weighted by atomic mass is 10.2. The number of benzene rings is 1. The van der Waals surface area contributed by atoms with E-state index < -0.39 is 0 Å². The summed E-state index contributed by atoms with van der Waals surface area (Å²) in [6.45, 7) is 3.92. The van der Waals surface area contributed by atoms with Gasteiger partial charge in [0, 0.05) is 31.5 Å². The molecule has 1 aromatic carbocycles. The van der Waals surface area contributed by atoms with Gasteiger partial charge in [0.25, 0.3) is 0 Å². The lowest BCUT2D eigenvalue weighted by molar-refractivity contribution is 0.476. The Labute approximate surface area is 123 Å². The van der Waals surface area contributed by atoms with Gasteiger partial charge in [-0.3, -0.25) is 0 Å². The first-order chi connectivity index (χ1) is 10.3. The Morgan fingerprint density at radius 2 is 2.00 bits per heavy atom. The van der Waals surface area contributed by atoms with Gasteiger partial charge in [-0.15, -0.1) is 0 Å². The van der Waals surface area contributed by atoms with Crippen LogP contribution in [0.25, 0.3) is 5.69 Å². The summed E-state index contributed by atoms with van der Waals surface area (Å²) in [4.78, 5) is 8.00. The third kappa shape index (κ3) is 3.55. The van der Waals surface area contributed by atoms with Gasteiger partial charge in [0.1, 0.15) is 12.7 Å². The molecule has 0 aliphatic heterocycles. The molecule has 108 valence electrons. The Kier molecular flexibility index (Phi) is 4.07. The molecule has 2 aromatic heterocycles. The molecular formula is C15H18N6. The number of hydrogen-bond donors (Lipinski definition) is 1. The molecule has 1 unspecified atom stereocenters. The molecule has 1 N–H and O–H groups in total. The molecular weight excluding hydrogens is 264 g/mol. The maximum Gasteiger partial charge on any atom is 0.138 e. The van der Waals surface area contributed by atoms with Crippen LogP contribution in [0.4, 0.5) is 0 Å². The highest BCUT2D eigenvalue weighted by molar-refractivity contribution is 5.33. The lowest BCUT2D eigenvalue weighted by Crippen LogP contribution is -2.29. The Morgan fingerprint density at radius 1 is 1.14 bits per heavy atom. The molecule has 6 nitrogen and oxygen atoms in total. The molecule has 0 fully saturated rings. The highest BCUT2D eigenvalue weighted by Gasteiger charge is 2.03. The summed E-state index contributed by atoms with van der Waals surface area (Å²) in [5.74, 6) is 0. The third-order valence-electron chi connectivity index (χ3n) is 3.32. The van der Waals surface area contributed by atoms with Crippen molar-refractivity contribution in [3.8, 4) is 5.69 Å². The van der Waals surface area contributed by atoms with Crippen molar-refractivity contribution in [2.75, 3.05) is 0 Å². The van der Waals surface area contributed by atoms with E-state index in [1.165, 1.54) is 11.9 Å². The van der Waals surface area contributed by atoms with Crippen molar-refractivity contribution >= 4 is 0 Å². The second kappa shape index (κ2) is 6.32. The van der Waals surface area contributed by atoms with Crippen LogP contribution >= 0.6 is 0 Å². The highest BCUT2D eigenvalue weighted by atomic mass is 15.3. The maximum absolute atomic E-state index is 4.11.